The van der Waals surface area contributed by atoms with Crippen molar-refractivity contribution in [3.63, 3.8) is 0 Å². The second-order valence-corrected chi connectivity index (χ2v) is 8.06. The Morgan fingerprint density at radius 2 is 2.08 bits per heavy atom. The Bertz CT molecular complexity index is 1360. The maximum atomic E-state index is 14.1. The number of benzene rings is 2. The lowest BCUT2D eigenvalue weighted by molar-refractivity contribution is -0.152. The zero-order chi connectivity index (χ0) is 27.1. The van der Waals surface area contributed by atoms with Crippen LogP contribution in [0.1, 0.15) is 28.3 Å². The molecule has 3 aromatic rings. The van der Waals surface area contributed by atoms with Crippen LogP contribution in [-0.4, -0.2) is 51.2 Å². The third-order valence-electron chi connectivity index (χ3n) is 5.14. The van der Waals surface area contributed by atoms with Gasteiger partial charge in [0.1, 0.15) is 38.1 Å². The van der Waals surface area contributed by atoms with Crippen LogP contribution >= 0.6 is 11.6 Å². The predicted molar refractivity (Wildman–Crippen MR) is 136 cm³/mol. The van der Waals surface area contributed by atoms with Gasteiger partial charge in [0.2, 0.25) is 5.91 Å². The van der Waals surface area contributed by atoms with Gasteiger partial charge in [0.05, 0.1) is 11.4 Å². The first-order chi connectivity index (χ1) is 17.6. The molecule has 1 atom stereocenters. The summed E-state index contributed by atoms with van der Waals surface area (Å²) in [5.74, 6) is -2.14. The molecule has 0 spiro atoms. The van der Waals surface area contributed by atoms with Gasteiger partial charge in [-0.3, -0.25) is 9.79 Å². The van der Waals surface area contributed by atoms with E-state index in [2.05, 4.69) is 25.0 Å². The maximum absolute atomic E-state index is 14.1. The molecule has 1 heterocycles. The first-order valence-corrected chi connectivity index (χ1v) is 11.2. The molecule has 0 aliphatic carbocycles. The number of amidine groups is 1. The number of para-hydroxylation sites is 1. The van der Waals surface area contributed by atoms with E-state index in [4.69, 9.17) is 29.9 Å². The molecular formula is C24H22BClF3N5O3. The molecule has 192 valence electrons. The fourth-order valence-electron chi connectivity index (χ4n) is 3.60. The molecule has 3 N–H and O–H groups in total. The van der Waals surface area contributed by atoms with Crippen molar-refractivity contribution in [1.29, 1.82) is 0 Å². The third-order valence-corrected chi connectivity index (χ3v) is 5.48. The maximum Gasteiger partial charge on any atom is 0.345 e. The van der Waals surface area contributed by atoms with Crippen molar-refractivity contribution in [2.24, 2.45) is 15.7 Å². The number of aryl methyl sites for hydroxylation is 1. The summed E-state index contributed by atoms with van der Waals surface area (Å²) in [6, 6.07) is 9.21. The van der Waals surface area contributed by atoms with Gasteiger partial charge < -0.3 is 20.5 Å². The zero-order valence-electron chi connectivity index (χ0n) is 19.8. The number of ether oxygens (including phenoxy) is 2. The van der Waals surface area contributed by atoms with Crippen molar-refractivity contribution in [1.82, 2.24) is 10.3 Å². The third kappa shape index (κ3) is 6.98. The van der Waals surface area contributed by atoms with Crippen LogP contribution in [0.3, 0.4) is 0 Å². The molecule has 0 fully saturated rings. The summed E-state index contributed by atoms with van der Waals surface area (Å²) in [6.07, 6.45) is 1.14. The number of rotatable bonds is 9. The summed E-state index contributed by atoms with van der Waals surface area (Å²) >= 11 is 6.28. The van der Waals surface area contributed by atoms with Gasteiger partial charge in [-0.15, -0.1) is 0 Å². The van der Waals surface area contributed by atoms with Gasteiger partial charge in [-0.05, 0) is 36.8 Å². The number of hydrogen-bond acceptors (Lipinski definition) is 5. The first kappa shape index (κ1) is 27.9. The number of amides is 1. The normalized spacial score (nSPS) is 12.9. The summed E-state index contributed by atoms with van der Waals surface area (Å²) in [6.45, 7) is -2.44. The molecule has 0 saturated carbocycles. The molecule has 37 heavy (non-hydrogen) atoms. The van der Waals surface area contributed by atoms with Gasteiger partial charge >= 0.3 is 6.61 Å². The van der Waals surface area contributed by atoms with E-state index in [-0.39, 0.29) is 22.8 Å². The van der Waals surface area contributed by atoms with Gasteiger partial charge in [-0.2, -0.15) is 8.78 Å². The number of hydrogen-bond donors (Lipinski definition) is 2. The highest BCUT2D eigenvalue weighted by Crippen LogP contribution is 2.31. The number of nitrogens with one attached hydrogen (secondary N) is 1. The quantitative estimate of drug-likeness (QED) is 0.248. The van der Waals surface area contributed by atoms with E-state index in [1.165, 1.54) is 0 Å². The second-order valence-electron chi connectivity index (χ2n) is 7.65. The van der Waals surface area contributed by atoms with Gasteiger partial charge in [0, 0.05) is 35.2 Å². The summed E-state index contributed by atoms with van der Waals surface area (Å²) in [5, 5.41) is 2.96. The molecule has 3 rings (SSSR count). The number of alkyl halides is 2. The highest BCUT2D eigenvalue weighted by atomic mass is 35.5. The molecule has 1 aromatic heterocycles. The van der Waals surface area contributed by atoms with Gasteiger partial charge in [0.25, 0.3) is 0 Å². The number of carbonyl (C=O) groups excluding carboxylic acids is 1. The van der Waals surface area contributed by atoms with E-state index in [0.717, 1.165) is 18.5 Å². The van der Waals surface area contributed by atoms with E-state index in [1.54, 1.807) is 26.1 Å². The highest BCUT2D eigenvalue weighted by Gasteiger charge is 2.20. The SMILES string of the molecule is [B]C(NC(=O)COC(F)F)c1cc(F)cc(Cl)c1COc1cccc2c(C(N=CN)=NC)cc(C)nc12. The average molecular weight is 532 g/mol. The van der Waals surface area contributed by atoms with Crippen molar-refractivity contribution in [2.45, 2.75) is 26.1 Å². The van der Waals surface area contributed by atoms with Crippen LogP contribution in [0.5, 0.6) is 5.75 Å². The van der Waals surface area contributed by atoms with Crippen LogP contribution < -0.4 is 15.8 Å². The molecule has 1 unspecified atom stereocenters. The Hall–Kier alpha value is -3.64. The fourth-order valence-corrected chi connectivity index (χ4v) is 3.87. The van der Waals surface area contributed by atoms with Gasteiger partial charge in [-0.25, -0.2) is 14.4 Å². The Balaban J connectivity index is 1.94. The summed E-state index contributed by atoms with van der Waals surface area (Å²) in [5.41, 5.74) is 7.70. The molecular weight excluding hydrogens is 510 g/mol. The van der Waals surface area contributed by atoms with Crippen LogP contribution in [0.15, 0.2) is 46.4 Å². The van der Waals surface area contributed by atoms with Crippen LogP contribution in [-0.2, 0) is 16.1 Å². The summed E-state index contributed by atoms with van der Waals surface area (Å²) < 4.78 is 48.5. The van der Waals surface area contributed by atoms with Crippen LogP contribution in [0.2, 0.25) is 5.02 Å². The van der Waals surface area contributed by atoms with Crippen LogP contribution in [0.4, 0.5) is 13.2 Å². The van der Waals surface area contributed by atoms with Crippen LogP contribution in [0.25, 0.3) is 10.9 Å². The van der Waals surface area contributed by atoms with E-state index in [9.17, 15) is 18.0 Å². The monoisotopic (exact) mass is 531 g/mol. The van der Waals surface area contributed by atoms with Gasteiger partial charge in [0.15, 0.2) is 5.84 Å². The predicted octanol–water partition coefficient (Wildman–Crippen LogP) is 3.80. The number of pyridine rings is 1. The molecule has 2 radical (unpaired) electrons. The van der Waals surface area contributed by atoms with E-state index in [1.807, 2.05) is 12.1 Å². The first-order valence-electron chi connectivity index (χ1n) is 10.8. The molecule has 0 aliphatic rings. The lowest BCUT2D eigenvalue weighted by atomic mass is 9.86. The number of halogens is 4. The Morgan fingerprint density at radius 3 is 2.76 bits per heavy atom. The molecule has 1 amide bonds. The largest absolute Gasteiger partial charge is 0.487 e. The van der Waals surface area contributed by atoms with E-state index < -0.39 is 30.9 Å². The Labute approximate surface area is 217 Å². The number of fused-ring (bicyclic) bond motifs is 1. The standard InChI is InChI=1S/C24H22BClF3N5O3/c1-12-6-16(23(31-2)32-11-30)14-4-3-5-19(21(14)33-12)36-9-17-15(7-13(27)8-18(17)26)22(25)34-20(35)10-37-24(28)29/h3-8,11,22,24H,9-10H2,1-2H3,(H,34,35)(H2,30,31,32). The lowest BCUT2D eigenvalue weighted by Crippen LogP contribution is -2.33. The fraction of sp³-hybridized carbons (Fsp3) is 0.250. The molecule has 0 bridgehead atoms. The topological polar surface area (TPSA) is 111 Å². The number of aliphatic imine (C=N–C) groups is 2. The zero-order valence-corrected chi connectivity index (χ0v) is 20.6. The van der Waals surface area contributed by atoms with E-state index in [0.29, 0.717) is 33.7 Å². The lowest BCUT2D eigenvalue weighted by Gasteiger charge is -2.20. The minimum absolute atomic E-state index is 0.00807. The smallest absolute Gasteiger partial charge is 0.345 e. The average Bonchev–Trinajstić information content (AvgIpc) is 2.84. The Kier molecular flexibility index (Phi) is 9.48. The minimum Gasteiger partial charge on any atom is -0.487 e. The summed E-state index contributed by atoms with van der Waals surface area (Å²) in [4.78, 5) is 24.8. The van der Waals surface area contributed by atoms with Crippen molar-refractivity contribution in [3.8, 4) is 5.75 Å². The molecule has 13 heteroatoms. The van der Waals surface area contributed by atoms with Crippen LogP contribution in [0, 0.1) is 12.7 Å². The number of carbonyl (C=O) groups is 1. The number of nitrogens with two attached hydrogens (primary N) is 1. The second kappa shape index (κ2) is 12.6. The van der Waals surface area contributed by atoms with Crippen molar-refractivity contribution >= 4 is 48.4 Å². The molecule has 0 saturated heterocycles. The number of aromatic nitrogens is 1. The highest BCUT2D eigenvalue weighted by molar-refractivity contribution is 6.31. The molecule has 2 aromatic carbocycles. The molecule has 8 nitrogen and oxygen atoms in total. The van der Waals surface area contributed by atoms with Crippen molar-refractivity contribution in [3.05, 3.63) is 69.6 Å². The van der Waals surface area contributed by atoms with Crippen molar-refractivity contribution < 1.29 is 27.4 Å². The number of nitrogens with zero attached hydrogens (tertiary/aromatic N) is 3. The summed E-state index contributed by atoms with van der Waals surface area (Å²) in [7, 11) is 7.60. The van der Waals surface area contributed by atoms with Gasteiger partial charge in [-0.1, -0.05) is 23.7 Å². The minimum atomic E-state index is -3.13. The molecule has 0 aliphatic heterocycles. The van der Waals surface area contributed by atoms with E-state index >= 15 is 0 Å². The van der Waals surface area contributed by atoms with Crippen molar-refractivity contribution in [2.75, 3.05) is 13.7 Å². The Morgan fingerprint density at radius 1 is 1.32 bits per heavy atom.